The molecule has 1 aliphatic heterocycles. The van der Waals surface area contributed by atoms with Crippen LogP contribution in [0.5, 0.6) is 11.6 Å². The summed E-state index contributed by atoms with van der Waals surface area (Å²) in [6.07, 6.45) is 2.39. The van der Waals surface area contributed by atoms with Crippen LogP contribution in [0.15, 0.2) is 30.3 Å². The maximum absolute atomic E-state index is 5.95. The molecule has 5 heteroatoms. The molecule has 0 bridgehead atoms. The van der Waals surface area contributed by atoms with Crippen LogP contribution in [0.3, 0.4) is 0 Å². The van der Waals surface area contributed by atoms with E-state index in [9.17, 15) is 0 Å². The molecule has 4 rings (SSSR count). The molecular formula is C23H25NO4. The van der Waals surface area contributed by atoms with Gasteiger partial charge >= 0.3 is 0 Å². The minimum absolute atomic E-state index is 0.0564. The van der Waals surface area contributed by atoms with Crippen molar-refractivity contribution < 1.29 is 18.9 Å². The topological polar surface area (TPSA) is 49.8 Å². The lowest BCUT2D eigenvalue weighted by Gasteiger charge is -2.23. The third-order valence-corrected chi connectivity index (χ3v) is 4.82. The summed E-state index contributed by atoms with van der Waals surface area (Å²) >= 11 is 0. The molecule has 5 nitrogen and oxygen atoms in total. The van der Waals surface area contributed by atoms with Gasteiger partial charge in [0.2, 0.25) is 5.88 Å². The Morgan fingerprint density at radius 1 is 1.18 bits per heavy atom. The third kappa shape index (κ3) is 4.83. The fourth-order valence-corrected chi connectivity index (χ4v) is 3.02. The Balaban J connectivity index is 1.58. The molecule has 146 valence electrons. The fraction of sp³-hybridized carbons (Fsp3) is 0.435. The van der Waals surface area contributed by atoms with Crippen LogP contribution in [0.1, 0.15) is 24.0 Å². The lowest BCUT2D eigenvalue weighted by atomic mass is 10.0. The average molecular weight is 379 g/mol. The highest BCUT2D eigenvalue weighted by atomic mass is 16.6. The number of nitrogens with zero attached hydrogens (tertiary/aromatic N) is 1. The van der Waals surface area contributed by atoms with E-state index in [2.05, 4.69) is 41.9 Å². The van der Waals surface area contributed by atoms with E-state index in [-0.39, 0.29) is 6.10 Å². The first-order valence-electron chi connectivity index (χ1n) is 9.72. The molecule has 1 aliphatic carbocycles. The van der Waals surface area contributed by atoms with Crippen molar-refractivity contribution in [3.8, 4) is 34.7 Å². The molecule has 2 aliphatic rings. The Bertz CT molecular complexity index is 889. The molecular weight excluding hydrogens is 354 g/mol. The summed E-state index contributed by atoms with van der Waals surface area (Å²) in [7, 11) is 1.61. The van der Waals surface area contributed by atoms with Gasteiger partial charge in [0.25, 0.3) is 0 Å². The second kappa shape index (κ2) is 8.64. The van der Waals surface area contributed by atoms with Crippen molar-refractivity contribution >= 4 is 0 Å². The predicted octanol–water partition coefficient (Wildman–Crippen LogP) is 3.62. The molecule has 1 aromatic carbocycles. The molecule has 0 radical (unpaired) electrons. The average Bonchev–Trinajstić information content (AvgIpc) is 3.56. The normalized spacial score (nSPS) is 18.9. The smallest absolute Gasteiger partial charge is 0.217 e. The van der Waals surface area contributed by atoms with E-state index in [1.807, 2.05) is 6.07 Å². The van der Waals surface area contributed by atoms with Crippen molar-refractivity contribution in [1.29, 1.82) is 0 Å². The third-order valence-electron chi connectivity index (χ3n) is 4.82. The largest absolute Gasteiger partial charge is 0.491 e. The van der Waals surface area contributed by atoms with Crippen molar-refractivity contribution in [3.63, 3.8) is 0 Å². The monoisotopic (exact) mass is 379 g/mol. The number of methoxy groups -OCH3 is 1. The molecule has 28 heavy (non-hydrogen) atoms. The summed E-state index contributed by atoms with van der Waals surface area (Å²) in [5, 5.41) is 0. The van der Waals surface area contributed by atoms with Crippen LogP contribution < -0.4 is 9.47 Å². The number of benzene rings is 1. The zero-order chi connectivity index (χ0) is 19.3. The van der Waals surface area contributed by atoms with Crippen LogP contribution in [0, 0.1) is 24.7 Å². The summed E-state index contributed by atoms with van der Waals surface area (Å²) in [6.45, 7) is 4.30. The number of rotatable bonds is 5. The van der Waals surface area contributed by atoms with E-state index in [1.165, 1.54) is 12.8 Å². The summed E-state index contributed by atoms with van der Waals surface area (Å²) < 4.78 is 22.4. The minimum atomic E-state index is -0.0564. The quantitative estimate of drug-likeness (QED) is 0.743. The van der Waals surface area contributed by atoms with Crippen LogP contribution in [0.2, 0.25) is 0 Å². The van der Waals surface area contributed by atoms with Crippen molar-refractivity contribution in [2.75, 3.05) is 33.5 Å². The van der Waals surface area contributed by atoms with Crippen LogP contribution in [-0.2, 0) is 9.47 Å². The Labute approximate surface area is 166 Å². The molecule has 1 saturated heterocycles. The van der Waals surface area contributed by atoms with E-state index in [1.54, 1.807) is 13.2 Å². The van der Waals surface area contributed by atoms with Gasteiger partial charge in [-0.05, 0) is 37.5 Å². The molecule has 0 unspecified atom stereocenters. The van der Waals surface area contributed by atoms with Gasteiger partial charge in [-0.15, -0.1) is 0 Å². The zero-order valence-electron chi connectivity index (χ0n) is 16.4. The molecule has 1 aromatic heterocycles. The molecule has 0 spiro atoms. The molecule has 1 saturated carbocycles. The molecule has 0 amide bonds. The summed E-state index contributed by atoms with van der Waals surface area (Å²) in [5.41, 5.74) is 3.98. The fourth-order valence-electron chi connectivity index (χ4n) is 3.02. The highest BCUT2D eigenvalue weighted by Crippen LogP contribution is 2.30. The number of aryl methyl sites for hydroxylation is 1. The molecule has 2 fully saturated rings. The van der Waals surface area contributed by atoms with Gasteiger partial charge in [0.15, 0.2) is 0 Å². The van der Waals surface area contributed by atoms with E-state index < -0.39 is 0 Å². The van der Waals surface area contributed by atoms with Crippen molar-refractivity contribution in [1.82, 2.24) is 4.98 Å². The van der Waals surface area contributed by atoms with E-state index in [0.29, 0.717) is 44.0 Å². The summed E-state index contributed by atoms with van der Waals surface area (Å²) in [4.78, 5) is 4.62. The standard InChI is InChI=1S/C23H25NO4/c1-16-3-4-18(8-7-17-5-6-17)11-21(16)22-12-19(13-23(24-22)25-2)28-15-20-14-26-9-10-27-20/h3-4,11-13,17,20H,5-6,9-10,14-15H2,1-2H3/t20-/m1/s1. The van der Waals surface area contributed by atoms with E-state index >= 15 is 0 Å². The lowest BCUT2D eigenvalue weighted by Crippen LogP contribution is -2.33. The number of hydrogen-bond acceptors (Lipinski definition) is 5. The highest BCUT2D eigenvalue weighted by molar-refractivity contribution is 5.67. The number of ether oxygens (including phenoxy) is 4. The Hall–Kier alpha value is -2.55. The van der Waals surface area contributed by atoms with Gasteiger partial charge in [-0.25, -0.2) is 4.98 Å². The van der Waals surface area contributed by atoms with Gasteiger partial charge in [0, 0.05) is 29.2 Å². The van der Waals surface area contributed by atoms with Gasteiger partial charge in [0.1, 0.15) is 18.5 Å². The van der Waals surface area contributed by atoms with Crippen molar-refractivity contribution in [2.24, 2.45) is 5.92 Å². The van der Waals surface area contributed by atoms with Crippen LogP contribution in [0.4, 0.5) is 0 Å². The summed E-state index contributed by atoms with van der Waals surface area (Å²) in [5.74, 6) is 8.39. The Kier molecular flexibility index (Phi) is 5.80. The SMILES string of the molecule is COc1cc(OC[C@H]2COCCO2)cc(-c2cc(C#CC3CC3)ccc2C)n1. The van der Waals surface area contributed by atoms with E-state index in [0.717, 1.165) is 22.4 Å². The maximum atomic E-state index is 5.95. The zero-order valence-corrected chi connectivity index (χ0v) is 16.4. The highest BCUT2D eigenvalue weighted by Gasteiger charge is 2.18. The van der Waals surface area contributed by atoms with Crippen molar-refractivity contribution in [2.45, 2.75) is 25.9 Å². The van der Waals surface area contributed by atoms with Gasteiger partial charge in [-0.1, -0.05) is 17.9 Å². The van der Waals surface area contributed by atoms with Crippen LogP contribution in [-0.4, -0.2) is 44.6 Å². The van der Waals surface area contributed by atoms with Crippen molar-refractivity contribution in [3.05, 3.63) is 41.5 Å². The molecule has 1 atom stereocenters. The van der Waals surface area contributed by atoms with Gasteiger partial charge in [0.05, 0.1) is 32.6 Å². The first kappa shape index (κ1) is 18.8. The minimum Gasteiger partial charge on any atom is -0.491 e. The van der Waals surface area contributed by atoms with Gasteiger partial charge in [-0.2, -0.15) is 0 Å². The summed E-state index contributed by atoms with van der Waals surface area (Å²) in [6, 6.07) is 9.97. The molecule has 0 N–H and O–H groups in total. The number of hydrogen-bond donors (Lipinski definition) is 0. The lowest BCUT2D eigenvalue weighted by molar-refractivity contribution is -0.101. The van der Waals surface area contributed by atoms with Gasteiger partial charge < -0.3 is 18.9 Å². The first-order valence-corrected chi connectivity index (χ1v) is 9.72. The second-order valence-electron chi connectivity index (χ2n) is 7.18. The Morgan fingerprint density at radius 3 is 2.82 bits per heavy atom. The van der Waals surface area contributed by atoms with Gasteiger partial charge in [-0.3, -0.25) is 0 Å². The van der Waals surface area contributed by atoms with E-state index in [4.69, 9.17) is 18.9 Å². The second-order valence-corrected chi connectivity index (χ2v) is 7.18. The molecule has 2 aromatic rings. The molecule has 2 heterocycles. The predicted molar refractivity (Wildman–Crippen MR) is 107 cm³/mol. The maximum Gasteiger partial charge on any atom is 0.217 e. The van der Waals surface area contributed by atoms with Crippen LogP contribution in [0.25, 0.3) is 11.3 Å². The van der Waals surface area contributed by atoms with Crippen LogP contribution >= 0.6 is 0 Å². The first-order chi connectivity index (χ1) is 13.7. The number of aromatic nitrogens is 1. The Morgan fingerprint density at radius 2 is 2.07 bits per heavy atom. The number of pyridine rings is 1.